The van der Waals surface area contributed by atoms with E-state index in [4.69, 9.17) is 28.4 Å². The predicted octanol–water partition coefficient (Wildman–Crippen LogP) is 2.91. The van der Waals surface area contributed by atoms with Crippen molar-refractivity contribution in [3.8, 4) is 39.5 Å². The van der Waals surface area contributed by atoms with Gasteiger partial charge in [0.25, 0.3) is 0 Å². The number of ether oxygens (including phenoxy) is 6. The number of aliphatic hydroxyl groups excluding tert-OH is 2. The second-order valence-electron chi connectivity index (χ2n) is 7.66. The van der Waals surface area contributed by atoms with E-state index < -0.39 is 11.9 Å². The molecule has 0 atom stereocenters. The van der Waals surface area contributed by atoms with Crippen molar-refractivity contribution < 1.29 is 48.2 Å². The van der Waals surface area contributed by atoms with Crippen LogP contribution >= 0.6 is 0 Å². The number of methoxy groups -OCH3 is 5. The first kappa shape index (κ1) is 27.5. The zero-order valence-corrected chi connectivity index (χ0v) is 21.2. The highest BCUT2D eigenvalue weighted by atomic mass is 16.7. The lowest BCUT2D eigenvalue weighted by Gasteiger charge is -2.17. The lowest BCUT2D eigenvalue weighted by molar-refractivity contribution is 0.0513. The van der Waals surface area contributed by atoms with E-state index >= 15 is 0 Å². The van der Waals surface area contributed by atoms with Gasteiger partial charge in [-0.3, -0.25) is 0 Å². The van der Waals surface area contributed by atoms with Gasteiger partial charge in [0.1, 0.15) is 17.1 Å². The number of aliphatic hydroxyl groups is 2. The predicted molar refractivity (Wildman–Crippen MR) is 132 cm³/mol. The van der Waals surface area contributed by atoms with Crippen molar-refractivity contribution in [3.05, 3.63) is 52.8 Å². The Labute approximate surface area is 213 Å². The molecule has 0 radical (unpaired) electrons. The zero-order chi connectivity index (χ0) is 27.1. The van der Waals surface area contributed by atoms with E-state index in [1.165, 1.54) is 35.5 Å². The number of aromatic amines is 1. The molecule has 0 spiro atoms. The normalized spacial score (nSPS) is 10.7. The molecule has 0 unspecified atom stereocenters. The molecule has 2 aromatic carbocycles. The highest BCUT2D eigenvalue weighted by molar-refractivity contribution is 6.09. The average molecular weight is 516 g/mol. The largest absolute Gasteiger partial charge is 0.493 e. The number of aromatic nitrogens is 1. The molecule has 0 saturated heterocycles. The molecule has 0 fully saturated rings. The Balaban J connectivity index is 2.50. The Kier molecular flexibility index (Phi) is 9.12. The molecule has 198 valence electrons. The van der Waals surface area contributed by atoms with Crippen LogP contribution in [0.3, 0.4) is 0 Å². The Hall–Kier alpha value is -4.06. The number of rotatable bonds is 11. The van der Waals surface area contributed by atoms with Gasteiger partial charge in [0.2, 0.25) is 0 Å². The van der Waals surface area contributed by atoms with Crippen LogP contribution in [0.4, 0.5) is 0 Å². The van der Waals surface area contributed by atoms with Gasteiger partial charge in [-0.2, -0.15) is 0 Å². The van der Waals surface area contributed by atoms with Gasteiger partial charge >= 0.3 is 11.9 Å². The minimum absolute atomic E-state index is 0.0361. The van der Waals surface area contributed by atoms with Gasteiger partial charge in [-0.1, -0.05) is 12.1 Å². The first-order chi connectivity index (χ1) is 17.9. The van der Waals surface area contributed by atoms with Gasteiger partial charge in [0.05, 0.1) is 41.7 Å². The van der Waals surface area contributed by atoms with Crippen molar-refractivity contribution in [2.24, 2.45) is 0 Å². The molecular formula is C26H29NO10. The summed E-state index contributed by atoms with van der Waals surface area (Å²) in [6.07, 6.45) is 0. The molecule has 3 rings (SSSR count). The number of nitrogens with one attached hydrogen (secondary N) is 1. The highest BCUT2D eigenvalue weighted by Gasteiger charge is 2.31. The first-order valence-electron chi connectivity index (χ1n) is 11.0. The summed E-state index contributed by atoms with van der Waals surface area (Å²) >= 11 is 0. The third-order valence-electron chi connectivity index (χ3n) is 5.70. The van der Waals surface area contributed by atoms with Gasteiger partial charge in [-0.25, -0.2) is 9.59 Å². The fraction of sp³-hybridized carbons (Fsp3) is 0.308. The van der Waals surface area contributed by atoms with Crippen LogP contribution in [0.1, 0.15) is 32.1 Å². The SMILES string of the molecule is COCOc1cc(OC)c(OC)cc1-c1c(C(=O)OC)[nH]c(C(=O)OC)c1-c1ccc(CO)c(CO)c1. The maximum Gasteiger partial charge on any atom is 0.355 e. The summed E-state index contributed by atoms with van der Waals surface area (Å²) in [5.41, 5.74) is 2.19. The molecule has 3 aromatic rings. The van der Waals surface area contributed by atoms with E-state index in [-0.39, 0.29) is 48.3 Å². The molecule has 0 aliphatic heterocycles. The highest BCUT2D eigenvalue weighted by Crippen LogP contribution is 2.47. The third kappa shape index (κ3) is 5.38. The van der Waals surface area contributed by atoms with Gasteiger partial charge in [0.15, 0.2) is 18.3 Å². The van der Waals surface area contributed by atoms with Crippen LogP contribution in [-0.4, -0.2) is 69.5 Å². The summed E-state index contributed by atoms with van der Waals surface area (Å²) in [6, 6.07) is 8.05. The molecule has 11 heteroatoms. The van der Waals surface area contributed by atoms with Crippen LogP contribution in [0.25, 0.3) is 22.3 Å². The Morgan fingerprint density at radius 1 is 0.757 bits per heavy atom. The minimum Gasteiger partial charge on any atom is -0.493 e. The molecule has 11 nitrogen and oxygen atoms in total. The van der Waals surface area contributed by atoms with Crippen molar-refractivity contribution in [3.63, 3.8) is 0 Å². The average Bonchev–Trinajstić information content (AvgIpc) is 3.34. The summed E-state index contributed by atoms with van der Waals surface area (Å²) in [5.74, 6) is -0.555. The van der Waals surface area contributed by atoms with Crippen LogP contribution in [0.2, 0.25) is 0 Å². The minimum atomic E-state index is -0.756. The molecule has 0 bridgehead atoms. The molecule has 37 heavy (non-hydrogen) atoms. The number of H-pyrrole nitrogens is 1. The third-order valence-corrected chi connectivity index (χ3v) is 5.70. The van der Waals surface area contributed by atoms with Crippen LogP contribution in [0.5, 0.6) is 17.2 Å². The van der Waals surface area contributed by atoms with E-state index in [9.17, 15) is 19.8 Å². The second-order valence-corrected chi connectivity index (χ2v) is 7.66. The van der Waals surface area contributed by atoms with E-state index in [1.54, 1.807) is 30.3 Å². The standard InChI is InChI=1S/C26H29NO10/c1-32-13-37-18-10-20(34-3)19(33-2)9-17(18)22-21(14-6-7-15(11-28)16(8-14)12-29)23(25(30)35-4)27-24(22)26(31)36-5/h6-10,27-29H,11-13H2,1-5H3. The van der Waals surface area contributed by atoms with Crippen molar-refractivity contribution in [1.29, 1.82) is 0 Å². The fourth-order valence-corrected chi connectivity index (χ4v) is 3.95. The molecule has 3 N–H and O–H groups in total. The monoisotopic (exact) mass is 515 g/mol. The number of benzene rings is 2. The lowest BCUT2D eigenvalue weighted by atomic mass is 9.91. The quantitative estimate of drug-likeness (QED) is 0.257. The number of carbonyl (C=O) groups excluding carboxylic acids is 2. The molecule has 0 aliphatic rings. The van der Waals surface area contributed by atoms with Crippen LogP contribution in [0.15, 0.2) is 30.3 Å². The summed E-state index contributed by atoms with van der Waals surface area (Å²) in [5, 5.41) is 19.5. The Bertz CT molecular complexity index is 1280. The summed E-state index contributed by atoms with van der Waals surface area (Å²) < 4.78 is 31.8. The van der Waals surface area contributed by atoms with Gasteiger partial charge in [-0.05, 0) is 28.8 Å². The summed E-state index contributed by atoms with van der Waals surface area (Å²) in [4.78, 5) is 28.7. The van der Waals surface area contributed by atoms with Gasteiger partial charge in [-0.15, -0.1) is 0 Å². The smallest absolute Gasteiger partial charge is 0.355 e. The van der Waals surface area contributed by atoms with E-state index in [1.807, 2.05) is 0 Å². The number of carbonyl (C=O) groups is 2. The Morgan fingerprint density at radius 2 is 1.35 bits per heavy atom. The van der Waals surface area contributed by atoms with E-state index in [0.717, 1.165) is 0 Å². The first-order valence-corrected chi connectivity index (χ1v) is 11.0. The number of hydrogen-bond donors (Lipinski definition) is 3. The van der Waals surface area contributed by atoms with Crippen LogP contribution < -0.4 is 14.2 Å². The lowest BCUT2D eigenvalue weighted by Crippen LogP contribution is -2.06. The molecular weight excluding hydrogens is 486 g/mol. The maximum atomic E-state index is 12.9. The zero-order valence-electron chi connectivity index (χ0n) is 21.2. The van der Waals surface area contributed by atoms with Crippen molar-refractivity contribution in [2.45, 2.75) is 13.2 Å². The summed E-state index contributed by atoms with van der Waals surface area (Å²) in [6.45, 7) is -0.781. The molecule has 0 saturated carbocycles. The molecule has 0 aliphatic carbocycles. The number of hydrogen-bond acceptors (Lipinski definition) is 10. The summed E-state index contributed by atoms with van der Waals surface area (Å²) in [7, 11) is 6.80. The van der Waals surface area contributed by atoms with Crippen LogP contribution in [0, 0.1) is 0 Å². The second kappa shape index (κ2) is 12.3. The van der Waals surface area contributed by atoms with E-state index in [0.29, 0.717) is 33.8 Å². The number of esters is 2. The molecule has 1 aromatic heterocycles. The van der Waals surface area contributed by atoms with Crippen molar-refractivity contribution >= 4 is 11.9 Å². The molecule has 1 heterocycles. The van der Waals surface area contributed by atoms with E-state index in [2.05, 4.69) is 4.98 Å². The van der Waals surface area contributed by atoms with Gasteiger partial charge in [0, 0.05) is 29.9 Å². The fourth-order valence-electron chi connectivity index (χ4n) is 3.95. The van der Waals surface area contributed by atoms with Crippen LogP contribution in [-0.2, 0) is 27.4 Å². The maximum absolute atomic E-state index is 12.9. The topological polar surface area (TPSA) is 146 Å². The Morgan fingerprint density at radius 3 is 1.89 bits per heavy atom. The van der Waals surface area contributed by atoms with Crippen molar-refractivity contribution in [2.75, 3.05) is 42.3 Å². The van der Waals surface area contributed by atoms with Gasteiger partial charge < -0.3 is 43.6 Å². The van der Waals surface area contributed by atoms with Crippen molar-refractivity contribution in [1.82, 2.24) is 4.98 Å². The molecule has 0 amide bonds.